The number of unbranched alkanes of at least 4 members (excludes halogenated alkanes) is 4. The summed E-state index contributed by atoms with van der Waals surface area (Å²) in [6.07, 6.45) is 8.12. The van der Waals surface area contributed by atoms with Gasteiger partial charge in [-0.2, -0.15) is 0 Å². The average molecular weight is 186 g/mol. The summed E-state index contributed by atoms with van der Waals surface area (Å²) in [5, 5.41) is 0. The van der Waals surface area contributed by atoms with E-state index in [4.69, 9.17) is 0 Å². The van der Waals surface area contributed by atoms with Crippen molar-refractivity contribution in [1.82, 2.24) is 0 Å². The summed E-state index contributed by atoms with van der Waals surface area (Å²) in [6.45, 7) is 7.65. The van der Waals surface area contributed by atoms with Crippen molar-refractivity contribution in [2.75, 3.05) is 7.11 Å². The molecule has 0 atom stereocenters. The van der Waals surface area contributed by atoms with Gasteiger partial charge in [0.2, 0.25) is 0 Å². The van der Waals surface area contributed by atoms with Crippen LogP contribution >= 0.6 is 0 Å². The van der Waals surface area contributed by atoms with E-state index in [1.54, 1.807) is 0 Å². The molecule has 13 heavy (non-hydrogen) atoms. The van der Waals surface area contributed by atoms with Crippen molar-refractivity contribution < 1.29 is 9.53 Å². The second kappa shape index (κ2) is 13.8. The van der Waals surface area contributed by atoms with Crippen LogP contribution in [0.4, 0.5) is 0 Å². The van der Waals surface area contributed by atoms with E-state index in [-0.39, 0.29) is 0 Å². The zero-order valence-corrected chi connectivity index (χ0v) is 9.14. The zero-order valence-electron chi connectivity index (χ0n) is 9.14. The van der Waals surface area contributed by atoms with Crippen LogP contribution in [0.3, 0.4) is 0 Å². The minimum atomic E-state index is -0.394. The first-order valence-electron chi connectivity index (χ1n) is 4.93. The summed E-state index contributed by atoms with van der Waals surface area (Å²) in [5.74, 6) is -0.394. The van der Waals surface area contributed by atoms with Crippen LogP contribution in [-0.2, 0) is 9.53 Å². The normalized spacial score (nSPS) is 8.23. The fraction of sp³-hybridized carbons (Fsp3) is 0.727. The molecule has 0 spiro atoms. The van der Waals surface area contributed by atoms with Gasteiger partial charge in [-0.25, -0.2) is 4.79 Å². The van der Waals surface area contributed by atoms with E-state index in [1.807, 2.05) is 0 Å². The highest BCUT2D eigenvalue weighted by Crippen LogP contribution is 2.00. The highest BCUT2D eigenvalue weighted by molar-refractivity contribution is 5.80. The molecule has 0 heterocycles. The largest absolute Gasteiger partial charge is 0.466 e. The zero-order chi connectivity index (χ0) is 10.5. The van der Waals surface area contributed by atoms with Crippen molar-refractivity contribution in [3.63, 3.8) is 0 Å². The second-order valence-electron chi connectivity index (χ2n) is 2.79. The Morgan fingerprint density at radius 1 is 1.23 bits per heavy atom. The SMILES string of the molecule is C=CC(=O)OC.CCCCCCC. The van der Waals surface area contributed by atoms with Gasteiger partial charge in [0.1, 0.15) is 0 Å². The summed E-state index contributed by atoms with van der Waals surface area (Å²) in [7, 11) is 1.31. The molecule has 2 nitrogen and oxygen atoms in total. The Morgan fingerprint density at radius 2 is 1.69 bits per heavy atom. The molecule has 0 rings (SSSR count). The van der Waals surface area contributed by atoms with Gasteiger partial charge >= 0.3 is 5.97 Å². The summed E-state index contributed by atoms with van der Waals surface area (Å²) < 4.78 is 4.14. The number of esters is 1. The highest BCUT2D eigenvalue weighted by Gasteiger charge is 1.82. The lowest BCUT2D eigenvalue weighted by Gasteiger charge is -1.90. The van der Waals surface area contributed by atoms with Gasteiger partial charge in [-0.05, 0) is 0 Å². The molecule has 0 unspecified atom stereocenters. The molecule has 0 aromatic heterocycles. The molecule has 0 aromatic carbocycles. The number of rotatable bonds is 5. The fourth-order valence-corrected chi connectivity index (χ4v) is 0.760. The number of methoxy groups -OCH3 is 1. The first kappa shape index (κ1) is 14.7. The van der Waals surface area contributed by atoms with Gasteiger partial charge in [0.25, 0.3) is 0 Å². The smallest absolute Gasteiger partial charge is 0.329 e. The Hall–Kier alpha value is -0.790. The fourth-order valence-electron chi connectivity index (χ4n) is 0.760. The van der Waals surface area contributed by atoms with Gasteiger partial charge in [-0.1, -0.05) is 52.5 Å². The molecular formula is C11H22O2. The summed E-state index contributed by atoms with van der Waals surface area (Å²) in [6, 6.07) is 0. The first-order valence-corrected chi connectivity index (χ1v) is 4.93. The summed E-state index contributed by atoms with van der Waals surface area (Å²) in [5.41, 5.74) is 0. The standard InChI is InChI=1S/C7H16.C4H6O2/c1-3-5-7-6-4-2;1-3-4(5)6-2/h3-7H2,1-2H3;3H,1H2,2H3. The van der Waals surface area contributed by atoms with Crippen LogP contribution in [0.15, 0.2) is 12.7 Å². The van der Waals surface area contributed by atoms with Crippen LogP contribution in [0.25, 0.3) is 0 Å². The van der Waals surface area contributed by atoms with E-state index in [9.17, 15) is 4.79 Å². The summed E-state index contributed by atoms with van der Waals surface area (Å²) >= 11 is 0. The van der Waals surface area contributed by atoms with Crippen molar-refractivity contribution in [3.8, 4) is 0 Å². The molecule has 0 saturated heterocycles. The molecule has 2 heteroatoms. The van der Waals surface area contributed by atoms with E-state index >= 15 is 0 Å². The number of carbonyl (C=O) groups excluding carboxylic acids is 1. The van der Waals surface area contributed by atoms with Crippen molar-refractivity contribution in [2.24, 2.45) is 0 Å². The lowest BCUT2D eigenvalue weighted by atomic mass is 10.2. The van der Waals surface area contributed by atoms with Crippen LogP contribution in [-0.4, -0.2) is 13.1 Å². The number of ether oxygens (including phenoxy) is 1. The molecule has 0 aliphatic rings. The molecule has 0 fully saturated rings. The van der Waals surface area contributed by atoms with E-state index < -0.39 is 5.97 Å². The van der Waals surface area contributed by atoms with Crippen molar-refractivity contribution in [1.29, 1.82) is 0 Å². The van der Waals surface area contributed by atoms with Gasteiger partial charge in [-0.3, -0.25) is 0 Å². The Bertz CT molecular complexity index is 115. The van der Waals surface area contributed by atoms with E-state index in [0.717, 1.165) is 6.08 Å². The van der Waals surface area contributed by atoms with Gasteiger partial charge in [-0.15, -0.1) is 0 Å². The molecule has 0 aliphatic heterocycles. The highest BCUT2D eigenvalue weighted by atomic mass is 16.5. The molecular weight excluding hydrogens is 164 g/mol. The van der Waals surface area contributed by atoms with Crippen LogP contribution in [0.5, 0.6) is 0 Å². The third-order valence-electron chi connectivity index (χ3n) is 1.57. The van der Waals surface area contributed by atoms with E-state index in [0.29, 0.717) is 0 Å². The molecule has 0 aromatic rings. The van der Waals surface area contributed by atoms with Gasteiger partial charge in [0.15, 0.2) is 0 Å². The van der Waals surface area contributed by atoms with Gasteiger partial charge < -0.3 is 4.74 Å². The van der Waals surface area contributed by atoms with Crippen molar-refractivity contribution in [3.05, 3.63) is 12.7 Å². The molecule has 0 N–H and O–H groups in total. The minimum absolute atomic E-state index is 0.394. The lowest BCUT2D eigenvalue weighted by Crippen LogP contribution is -1.91. The van der Waals surface area contributed by atoms with Crippen LogP contribution in [0.2, 0.25) is 0 Å². The lowest BCUT2D eigenvalue weighted by molar-refractivity contribution is -0.134. The number of hydrogen-bond acceptors (Lipinski definition) is 2. The maximum atomic E-state index is 9.84. The van der Waals surface area contributed by atoms with E-state index in [1.165, 1.54) is 39.2 Å². The molecule has 0 radical (unpaired) electrons. The Labute approximate surface area is 82.0 Å². The number of hydrogen-bond donors (Lipinski definition) is 0. The Morgan fingerprint density at radius 3 is 1.85 bits per heavy atom. The monoisotopic (exact) mass is 186 g/mol. The molecule has 78 valence electrons. The van der Waals surface area contributed by atoms with E-state index in [2.05, 4.69) is 25.2 Å². The van der Waals surface area contributed by atoms with Crippen LogP contribution in [0.1, 0.15) is 46.0 Å². The topological polar surface area (TPSA) is 26.3 Å². The molecule has 0 amide bonds. The van der Waals surface area contributed by atoms with Crippen LogP contribution < -0.4 is 0 Å². The second-order valence-corrected chi connectivity index (χ2v) is 2.79. The minimum Gasteiger partial charge on any atom is -0.466 e. The van der Waals surface area contributed by atoms with Crippen molar-refractivity contribution >= 4 is 5.97 Å². The summed E-state index contributed by atoms with van der Waals surface area (Å²) in [4.78, 5) is 9.84. The predicted molar refractivity (Wildman–Crippen MR) is 56.6 cm³/mol. The maximum absolute atomic E-state index is 9.84. The van der Waals surface area contributed by atoms with Crippen LogP contribution in [0, 0.1) is 0 Å². The number of carbonyl (C=O) groups is 1. The van der Waals surface area contributed by atoms with Gasteiger partial charge in [0.05, 0.1) is 7.11 Å². The van der Waals surface area contributed by atoms with Crippen molar-refractivity contribution in [2.45, 2.75) is 46.0 Å². The molecule has 0 saturated carbocycles. The Balaban J connectivity index is 0. The quantitative estimate of drug-likeness (QED) is 0.374. The molecule has 0 bridgehead atoms. The Kier molecular flexibility index (Phi) is 15.6. The average Bonchev–Trinajstić information content (AvgIpc) is 2.18. The maximum Gasteiger partial charge on any atom is 0.329 e. The third kappa shape index (κ3) is 18.3. The predicted octanol–water partition coefficient (Wildman–Crippen LogP) is 3.32. The first-order chi connectivity index (χ1) is 6.22. The molecule has 0 aliphatic carbocycles. The third-order valence-corrected chi connectivity index (χ3v) is 1.57. The van der Waals surface area contributed by atoms with Gasteiger partial charge in [0, 0.05) is 6.08 Å².